The Kier molecular flexibility index (Phi) is 4.33. The van der Waals surface area contributed by atoms with Gasteiger partial charge in [-0.15, -0.1) is 0 Å². The van der Waals surface area contributed by atoms with Gasteiger partial charge in [-0.05, 0) is 44.6 Å². The van der Waals surface area contributed by atoms with E-state index < -0.39 is 0 Å². The first kappa shape index (κ1) is 16.3. The molecule has 0 aliphatic carbocycles. The fourth-order valence-corrected chi connectivity index (χ4v) is 3.71. The summed E-state index contributed by atoms with van der Waals surface area (Å²) in [6.45, 7) is 11.1. The van der Waals surface area contributed by atoms with E-state index in [0.717, 1.165) is 42.1 Å². The fourth-order valence-electron chi connectivity index (χ4n) is 3.71. The van der Waals surface area contributed by atoms with E-state index in [4.69, 9.17) is 9.72 Å². The van der Waals surface area contributed by atoms with Crippen molar-refractivity contribution in [2.45, 2.75) is 71.5 Å². The molecule has 1 fully saturated rings. The molecule has 0 aromatic carbocycles. The van der Waals surface area contributed by atoms with Crippen molar-refractivity contribution in [2.24, 2.45) is 0 Å². The molecule has 1 aromatic heterocycles. The first-order valence-electron chi connectivity index (χ1n) is 8.77. The summed E-state index contributed by atoms with van der Waals surface area (Å²) in [5.74, 6) is 1.24. The number of hydrogen-bond acceptors (Lipinski definition) is 4. The van der Waals surface area contributed by atoms with E-state index in [1.54, 1.807) is 0 Å². The Labute approximate surface area is 139 Å². The van der Waals surface area contributed by atoms with Crippen molar-refractivity contribution in [3.8, 4) is 6.07 Å². The summed E-state index contributed by atoms with van der Waals surface area (Å²) in [5, 5.41) is 9.79. The second-order valence-electron chi connectivity index (χ2n) is 7.69. The smallest absolute Gasteiger partial charge is 0.147 e. The minimum Gasteiger partial charge on any atom is -0.370 e. The molecule has 0 atom stereocenters. The van der Waals surface area contributed by atoms with Crippen molar-refractivity contribution in [2.75, 3.05) is 18.0 Å². The maximum atomic E-state index is 9.79. The molecule has 0 saturated carbocycles. The van der Waals surface area contributed by atoms with Gasteiger partial charge in [0.15, 0.2) is 0 Å². The number of anilines is 1. The minimum absolute atomic E-state index is 0.183. The van der Waals surface area contributed by atoms with Crippen molar-refractivity contribution in [1.82, 2.24) is 4.98 Å². The van der Waals surface area contributed by atoms with E-state index in [2.05, 4.69) is 38.7 Å². The van der Waals surface area contributed by atoms with Crippen molar-refractivity contribution >= 4 is 5.82 Å². The normalized spacial score (nSPS) is 20.3. The molecule has 0 bridgehead atoms. The van der Waals surface area contributed by atoms with Crippen molar-refractivity contribution in [1.29, 1.82) is 5.26 Å². The predicted octanol–water partition coefficient (Wildman–Crippen LogP) is 3.92. The highest BCUT2D eigenvalue weighted by atomic mass is 16.5. The lowest BCUT2D eigenvalue weighted by molar-refractivity contribution is -0.0406. The largest absolute Gasteiger partial charge is 0.370 e. The van der Waals surface area contributed by atoms with E-state index in [0.29, 0.717) is 12.5 Å². The summed E-state index contributed by atoms with van der Waals surface area (Å²) in [5.41, 5.74) is 4.02. The van der Waals surface area contributed by atoms with Crippen LogP contribution in [0.1, 0.15) is 75.3 Å². The highest BCUT2D eigenvalue weighted by molar-refractivity contribution is 5.62. The zero-order valence-corrected chi connectivity index (χ0v) is 14.8. The third kappa shape index (κ3) is 3.07. The second kappa shape index (κ2) is 6.13. The standard InChI is InChI=1S/C19H27N3O/c1-13(2)17-14-10-19(3,4)23-12-16(14)15(11-20)18(21-17)22-8-6-5-7-9-22/h13H,5-10,12H2,1-4H3. The number of pyridine rings is 1. The van der Waals surface area contributed by atoms with Crippen LogP contribution in [0.15, 0.2) is 0 Å². The van der Waals surface area contributed by atoms with Gasteiger partial charge < -0.3 is 9.64 Å². The number of hydrogen-bond donors (Lipinski definition) is 0. The van der Waals surface area contributed by atoms with E-state index in [-0.39, 0.29) is 5.60 Å². The minimum atomic E-state index is -0.183. The lowest BCUT2D eigenvalue weighted by Gasteiger charge is -2.36. The summed E-state index contributed by atoms with van der Waals surface area (Å²) in [6.07, 6.45) is 4.48. The molecular weight excluding hydrogens is 286 g/mol. The molecule has 4 nitrogen and oxygen atoms in total. The molecule has 3 rings (SSSR count). The number of rotatable bonds is 2. The van der Waals surface area contributed by atoms with Gasteiger partial charge in [-0.3, -0.25) is 0 Å². The molecule has 1 aromatic rings. The molecular formula is C19H27N3O. The lowest BCUT2D eigenvalue weighted by atomic mass is 9.86. The van der Waals surface area contributed by atoms with E-state index >= 15 is 0 Å². The molecule has 0 amide bonds. The molecule has 0 spiro atoms. The zero-order chi connectivity index (χ0) is 16.6. The Bertz CT molecular complexity index is 637. The average Bonchev–Trinajstić information content (AvgIpc) is 2.53. The molecule has 0 N–H and O–H groups in total. The van der Waals surface area contributed by atoms with Crippen LogP contribution in [0.4, 0.5) is 5.82 Å². The summed E-state index contributed by atoms with van der Waals surface area (Å²) < 4.78 is 6.01. The highest BCUT2D eigenvalue weighted by Gasteiger charge is 2.33. The number of aromatic nitrogens is 1. The molecule has 23 heavy (non-hydrogen) atoms. The van der Waals surface area contributed by atoms with Crippen LogP contribution in [0.3, 0.4) is 0 Å². The molecule has 0 unspecified atom stereocenters. The van der Waals surface area contributed by atoms with Gasteiger partial charge in [-0.25, -0.2) is 4.98 Å². The van der Waals surface area contributed by atoms with E-state index in [1.807, 2.05) is 0 Å². The van der Waals surface area contributed by atoms with Gasteiger partial charge in [-0.1, -0.05) is 13.8 Å². The third-order valence-corrected chi connectivity index (χ3v) is 4.95. The van der Waals surface area contributed by atoms with E-state index in [1.165, 1.54) is 24.8 Å². The Morgan fingerprint density at radius 1 is 1.17 bits per heavy atom. The second-order valence-corrected chi connectivity index (χ2v) is 7.69. The maximum Gasteiger partial charge on any atom is 0.147 e. The SMILES string of the molecule is CC(C)c1nc(N2CCCCC2)c(C#N)c2c1CC(C)(C)OC2. The number of piperidine rings is 1. The number of ether oxygens (including phenoxy) is 1. The molecule has 124 valence electrons. The molecule has 2 aliphatic rings. The Morgan fingerprint density at radius 3 is 2.48 bits per heavy atom. The monoisotopic (exact) mass is 313 g/mol. The lowest BCUT2D eigenvalue weighted by Crippen LogP contribution is -2.36. The summed E-state index contributed by atoms with van der Waals surface area (Å²) in [6, 6.07) is 2.43. The van der Waals surface area contributed by atoms with Crippen molar-refractivity contribution in [3.63, 3.8) is 0 Å². The molecule has 3 heterocycles. The first-order valence-corrected chi connectivity index (χ1v) is 8.77. The number of nitriles is 1. The van der Waals surface area contributed by atoms with Gasteiger partial charge in [0.1, 0.15) is 17.5 Å². The van der Waals surface area contributed by atoms with Crippen LogP contribution in [0, 0.1) is 11.3 Å². The van der Waals surface area contributed by atoms with Crippen LogP contribution in [-0.2, 0) is 17.8 Å². The van der Waals surface area contributed by atoms with E-state index in [9.17, 15) is 5.26 Å². The van der Waals surface area contributed by atoms with Gasteiger partial charge in [0.05, 0.1) is 12.2 Å². The predicted molar refractivity (Wildman–Crippen MR) is 91.7 cm³/mol. The number of nitrogens with zero attached hydrogens (tertiary/aromatic N) is 3. The van der Waals surface area contributed by atoms with Crippen LogP contribution >= 0.6 is 0 Å². The summed E-state index contributed by atoms with van der Waals surface area (Å²) in [4.78, 5) is 7.29. The topological polar surface area (TPSA) is 49.2 Å². The zero-order valence-electron chi connectivity index (χ0n) is 14.8. The first-order chi connectivity index (χ1) is 10.9. The molecule has 2 aliphatic heterocycles. The van der Waals surface area contributed by atoms with Gasteiger partial charge in [0.2, 0.25) is 0 Å². The maximum absolute atomic E-state index is 9.79. The van der Waals surface area contributed by atoms with Gasteiger partial charge >= 0.3 is 0 Å². The van der Waals surface area contributed by atoms with Crippen LogP contribution in [0.2, 0.25) is 0 Å². The fraction of sp³-hybridized carbons (Fsp3) is 0.684. The van der Waals surface area contributed by atoms with Crippen LogP contribution < -0.4 is 4.90 Å². The molecule has 0 radical (unpaired) electrons. The average molecular weight is 313 g/mol. The Balaban J connectivity index is 2.15. The highest BCUT2D eigenvalue weighted by Crippen LogP contribution is 2.37. The quantitative estimate of drug-likeness (QED) is 0.830. The van der Waals surface area contributed by atoms with Crippen LogP contribution in [-0.4, -0.2) is 23.7 Å². The number of fused-ring (bicyclic) bond motifs is 1. The van der Waals surface area contributed by atoms with Crippen molar-refractivity contribution in [3.05, 3.63) is 22.4 Å². The summed E-state index contributed by atoms with van der Waals surface area (Å²) >= 11 is 0. The van der Waals surface area contributed by atoms with Gasteiger partial charge in [0, 0.05) is 30.8 Å². The molecule has 1 saturated heterocycles. The molecule has 4 heteroatoms. The summed E-state index contributed by atoms with van der Waals surface area (Å²) in [7, 11) is 0. The van der Waals surface area contributed by atoms with Crippen molar-refractivity contribution < 1.29 is 4.74 Å². The van der Waals surface area contributed by atoms with Crippen LogP contribution in [0.5, 0.6) is 0 Å². The van der Waals surface area contributed by atoms with Gasteiger partial charge in [0.25, 0.3) is 0 Å². The Morgan fingerprint density at radius 2 is 1.87 bits per heavy atom. The van der Waals surface area contributed by atoms with Crippen LogP contribution in [0.25, 0.3) is 0 Å². The van der Waals surface area contributed by atoms with Gasteiger partial charge in [-0.2, -0.15) is 5.26 Å². The Hall–Kier alpha value is -1.60. The third-order valence-electron chi connectivity index (χ3n) is 4.95.